The number of rotatable bonds is 3. The molecule has 1 atom stereocenters. The molecular weight excluding hydrogens is 129 g/mol. The van der Waals surface area contributed by atoms with Crippen molar-refractivity contribution in [2.24, 2.45) is 5.92 Å². The fourth-order valence-corrected chi connectivity index (χ4v) is 1.80. The third-order valence-electron chi connectivity index (χ3n) is 2.51. The summed E-state index contributed by atoms with van der Waals surface area (Å²) in [6.07, 6.45) is 5.02. The molecule has 0 aromatic carbocycles. The van der Waals surface area contributed by atoms with Gasteiger partial charge in [-0.2, -0.15) is 0 Å². The maximum Gasteiger partial charge on any atom is 0.105 e. The van der Waals surface area contributed by atoms with E-state index in [0.717, 1.165) is 0 Å². The van der Waals surface area contributed by atoms with E-state index < -0.39 is 0 Å². The first kappa shape index (κ1) is 7.99. The Morgan fingerprint density at radius 2 is 2.10 bits per heavy atom. The summed E-state index contributed by atoms with van der Waals surface area (Å²) in [7, 11) is 1.85. The fraction of sp³-hybridized carbons (Fsp3) is 1.00. The highest BCUT2D eigenvalue weighted by Crippen LogP contribution is 2.27. The summed E-state index contributed by atoms with van der Waals surface area (Å²) in [6, 6.07) is 0.127. The smallest absolute Gasteiger partial charge is 0.105 e. The van der Waals surface area contributed by atoms with Gasteiger partial charge in [-0.3, -0.25) is 0 Å². The van der Waals surface area contributed by atoms with Crippen LogP contribution < -0.4 is 5.32 Å². The first-order chi connectivity index (χ1) is 4.88. The van der Waals surface area contributed by atoms with Gasteiger partial charge in [0.25, 0.3) is 0 Å². The van der Waals surface area contributed by atoms with Crippen LogP contribution in [0.3, 0.4) is 0 Å². The molecule has 1 N–H and O–H groups in total. The summed E-state index contributed by atoms with van der Waals surface area (Å²) in [6.45, 7) is -0.207. The molecule has 1 rings (SSSR count). The van der Waals surface area contributed by atoms with Crippen LogP contribution in [0.2, 0.25) is 0 Å². The van der Waals surface area contributed by atoms with Crippen LogP contribution in [0.4, 0.5) is 4.39 Å². The second-order valence-electron chi connectivity index (χ2n) is 3.09. The average Bonchev–Trinajstić information content (AvgIpc) is 2.43. The van der Waals surface area contributed by atoms with Gasteiger partial charge in [0.15, 0.2) is 0 Å². The predicted octanol–water partition coefficient (Wildman–Crippen LogP) is 1.73. The minimum absolute atomic E-state index is 0.127. The van der Waals surface area contributed by atoms with E-state index in [-0.39, 0.29) is 12.7 Å². The zero-order valence-corrected chi connectivity index (χ0v) is 6.57. The highest BCUT2D eigenvalue weighted by molar-refractivity contribution is 4.78. The molecule has 1 unspecified atom stereocenters. The third kappa shape index (κ3) is 1.69. The molecule has 0 amide bonds. The molecule has 0 aromatic heterocycles. The zero-order valence-electron chi connectivity index (χ0n) is 6.57. The molecule has 10 heavy (non-hydrogen) atoms. The largest absolute Gasteiger partial charge is 0.314 e. The molecule has 0 radical (unpaired) electrons. The standard InChI is InChI=1S/C8H16FN/c1-10-8(6-9)7-4-2-3-5-7/h7-8,10H,2-6H2,1H3. The van der Waals surface area contributed by atoms with Gasteiger partial charge in [-0.25, -0.2) is 4.39 Å². The van der Waals surface area contributed by atoms with Crippen molar-refractivity contribution >= 4 is 0 Å². The Morgan fingerprint density at radius 1 is 1.50 bits per heavy atom. The van der Waals surface area contributed by atoms with Crippen molar-refractivity contribution in [1.29, 1.82) is 0 Å². The molecule has 2 heteroatoms. The van der Waals surface area contributed by atoms with Crippen molar-refractivity contribution < 1.29 is 4.39 Å². The van der Waals surface area contributed by atoms with Crippen molar-refractivity contribution in [1.82, 2.24) is 5.32 Å². The van der Waals surface area contributed by atoms with Gasteiger partial charge >= 0.3 is 0 Å². The lowest BCUT2D eigenvalue weighted by Crippen LogP contribution is -2.34. The second-order valence-corrected chi connectivity index (χ2v) is 3.09. The number of hydrogen-bond acceptors (Lipinski definition) is 1. The van der Waals surface area contributed by atoms with Gasteiger partial charge < -0.3 is 5.32 Å². The zero-order chi connectivity index (χ0) is 7.40. The first-order valence-corrected chi connectivity index (χ1v) is 4.11. The Kier molecular flexibility index (Phi) is 3.13. The number of hydrogen-bond donors (Lipinski definition) is 1. The summed E-state index contributed by atoms with van der Waals surface area (Å²) in [5, 5.41) is 3.02. The molecular formula is C8H16FN. The van der Waals surface area contributed by atoms with E-state index in [1.807, 2.05) is 7.05 Å². The Hall–Kier alpha value is -0.110. The van der Waals surface area contributed by atoms with Crippen LogP contribution in [-0.4, -0.2) is 19.8 Å². The topological polar surface area (TPSA) is 12.0 Å². The molecule has 1 fully saturated rings. The lowest BCUT2D eigenvalue weighted by atomic mass is 10.00. The highest BCUT2D eigenvalue weighted by atomic mass is 19.1. The molecule has 0 spiro atoms. The summed E-state index contributed by atoms with van der Waals surface area (Å²) < 4.78 is 12.2. The second kappa shape index (κ2) is 3.91. The monoisotopic (exact) mass is 145 g/mol. The van der Waals surface area contributed by atoms with Crippen LogP contribution in [0.25, 0.3) is 0 Å². The Balaban J connectivity index is 2.29. The quantitative estimate of drug-likeness (QED) is 0.637. The van der Waals surface area contributed by atoms with Gasteiger partial charge in [-0.05, 0) is 25.8 Å². The van der Waals surface area contributed by atoms with Crippen LogP contribution in [-0.2, 0) is 0 Å². The highest BCUT2D eigenvalue weighted by Gasteiger charge is 2.22. The Morgan fingerprint density at radius 3 is 2.50 bits per heavy atom. The maximum atomic E-state index is 12.2. The summed E-state index contributed by atoms with van der Waals surface area (Å²) in [5.41, 5.74) is 0. The van der Waals surface area contributed by atoms with Gasteiger partial charge in [-0.15, -0.1) is 0 Å². The van der Waals surface area contributed by atoms with E-state index >= 15 is 0 Å². The number of nitrogens with one attached hydrogen (secondary N) is 1. The van der Waals surface area contributed by atoms with Crippen LogP contribution in [0.15, 0.2) is 0 Å². The van der Waals surface area contributed by atoms with Crippen molar-refractivity contribution in [3.05, 3.63) is 0 Å². The minimum atomic E-state index is -0.207. The van der Waals surface area contributed by atoms with Crippen LogP contribution in [0.5, 0.6) is 0 Å². The van der Waals surface area contributed by atoms with Gasteiger partial charge in [0.05, 0.1) is 0 Å². The average molecular weight is 145 g/mol. The molecule has 0 aromatic rings. The molecule has 0 saturated heterocycles. The van der Waals surface area contributed by atoms with Crippen LogP contribution in [0, 0.1) is 5.92 Å². The molecule has 0 heterocycles. The first-order valence-electron chi connectivity index (χ1n) is 4.11. The van der Waals surface area contributed by atoms with E-state index in [0.29, 0.717) is 5.92 Å². The van der Waals surface area contributed by atoms with Crippen molar-refractivity contribution in [2.45, 2.75) is 31.7 Å². The normalized spacial score (nSPS) is 23.4. The molecule has 60 valence electrons. The molecule has 1 aliphatic rings. The lowest BCUT2D eigenvalue weighted by molar-refractivity contribution is 0.300. The molecule has 1 saturated carbocycles. The fourth-order valence-electron chi connectivity index (χ4n) is 1.80. The SMILES string of the molecule is CNC(CF)C1CCCC1. The Bertz CT molecular complexity index is 85.3. The summed E-state index contributed by atoms with van der Waals surface area (Å²) in [5.74, 6) is 0.606. The van der Waals surface area contributed by atoms with Gasteiger partial charge in [0.1, 0.15) is 6.67 Å². The van der Waals surface area contributed by atoms with E-state index in [4.69, 9.17) is 0 Å². The van der Waals surface area contributed by atoms with Gasteiger partial charge in [0.2, 0.25) is 0 Å². The minimum Gasteiger partial charge on any atom is -0.314 e. The summed E-state index contributed by atoms with van der Waals surface area (Å²) >= 11 is 0. The van der Waals surface area contributed by atoms with E-state index in [9.17, 15) is 4.39 Å². The Labute approximate surface area is 62.0 Å². The maximum absolute atomic E-state index is 12.2. The van der Waals surface area contributed by atoms with Crippen molar-refractivity contribution in [3.63, 3.8) is 0 Å². The number of halogens is 1. The molecule has 0 aliphatic heterocycles. The molecule has 1 aliphatic carbocycles. The predicted molar refractivity (Wildman–Crippen MR) is 40.8 cm³/mol. The summed E-state index contributed by atoms with van der Waals surface area (Å²) in [4.78, 5) is 0. The van der Waals surface area contributed by atoms with Gasteiger partial charge in [0, 0.05) is 6.04 Å². The molecule has 1 nitrogen and oxygen atoms in total. The van der Waals surface area contributed by atoms with E-state index in [2.05, 4.69) is 5.32 Å². The third-order valence-corrected chi connectivity index (χ3v) is 2.51. The van der Waals surface area contributed by atoms with Crippen LogP contribution in [0.1, 0.15) is 25.7 Å². The van der Waals surface area contributed by atoms with Gasteiger partial charge in [-0.1, -0.05) is 12.8 Å². The number of alkyl halides is 1. The van der Waals surface area contributed by atoms with E-state index in [1.54, 1.807) is 0 Å². The van der Waals surface area contributed by atoms with Crippen LogP contribution >= 0.6 is 0 Å². The lowest BCUT2D eigenvalue weighted by Gasteiger charge is -2.18. The van der Waals surface area contributed by atoms with E-state index in [1.165, 1.54) is 25.7 Å². The molecule has 0 bridgehead atoms. The van der Waals surface area contributed by atoms with Crippen molar-refractivity contribution in [2.75, 3.05) is 13.7 Å². The van der Waals surface area contributed by atoms with Crippen molar-refractivity contribution in [3.8, 4) is 0 Å².